The number of fused-ring (bicyclic) bond motifs is 1. The van der Waals surface area contributed by atoms with Gasteiger partial charge in [-0.25, -0.2) is 0 Å². The van der Waals surface area contributed by atoms with Crippen molar-refractivity contribution in [1.29, 1.82) is 0 Å². The third-order valence-electron chi connectivity index (χ3n) is 3.42. The molecule has 2 N–H and O–H groups in total. The van der Waals surface area contributed by atoms with Crippen molar-refractivity contribution < 1.29 is 0 Å². The Morgan fingerprint density at radius 2 is 2.07 bits per heavy atom. The van der Waals surface area contributed by atoms with Crippen molar-refractivity contribution >= 4 is 21.4 Å². The van der Waals surface area contributed by atoms with Crippen LogP contribution in [0.1, 0.15) is 17.7 Å². The Labute approximate surface area is 93.9 Å². The van der Waals surface area contributed by atoms with Gasteiger partial charge in [-0.1, -0.05) is 18.2 Å². The molecule has 0 radical (unpaired) electrons. The van der Waals surface area contributed by atoms with Crippen molar-refractivity contribution in [3.8, 4) is 0 Å². The normalized spacial score (nSPS) is 18.2. The van der Waals surface area contributed by atoms with Crippen LogP contribution in [0.3, 0.4) is 0 Å². The molecule has 1 aliphatic rings. The van der Waals surface area contributed by atoms with Gasteiger partial charge in [-0.05, 0) is 48.7 Å². The molecule has 1 nitrogen and oxygen atoms in total. The number of hydrogen-bond donors (Lipinski definition) is 1. The maximum atomic E-state index is 5.82. The second-order valence-corrected chi connectivity index (χ2v) is 5.80. The molecule has 0 aliphatic heterocycles. The first-order chi connectivity index (χ1) is 7.31. The van der Waals surface area contributed by atoms with Gasteiger partial charge in [0.25, 0.3) is 0 Å². The van der Waals surface area contributed by atoms with Gasteiger partial charge in [0, 0.05) is 9.58 Å². The van der Waals surface area contributed by atoms with Gasteiger partial charge in [0.15, 0.2) is 0 Å². The molecular formula is C13H15NS. The summed E-state index contributed by atoms with van der Waals surface area (Å²) >= 11 is 1.92. The van der Waals surface area contributed by atoms with Crippen LogP contribution in [0.15, 0.2) is 30.3 Å². The molecule has 1 saturated carbocycles. The molecule has 2 heteroatoms. The Morgan fingerprint density at radius 1 is 1.27 bits per heavy atom. The van der Waals surface area contributed by atoms with Crippen LogP contribution >= 0.6 is 11.3 Å². The lowest BCUT2D eigenvalue weighted by molar-refractivity contribution is 0.526. The first kappa shape index (κ1) is 9.37. The van der Waals surface area contributed by atoms with Crippen LogP contribution in [0.4, 0.5) is 0 Å². The van der Waals surface area contributed by atoms with Gasteiger partial charge < -0.3 is 5.73 Å². The Kier molecular flexibility index (Phi) is 2.08. The minimum absolute atomic E-state index is 0.459. The van der Waals surface area contributed by atoms with Gasteiger partial charge in [0.05, 0.1) is 0 Å². The molecule has 0 spiro atoms. The molecule has 0 saturated heterocycles. The molecule has 0 bridgehead atoms. The predicted molar refractivity (Wildman–Crippen MR) is 66.3 cm³/mol. The summed E-state index contributed by atoms with van der Waals surface area (Å²) in [7, 11) is 0. The smallest absolute Gasteiger partial charge is 0.0345 e. The van der Waals surface area contributed by atoms with E-state index in [1.54, 1.807) is 0 Å². The van der Waals surface area contributed by atoms with E-state index in [0.29, 0.717) is 5.41 Å². The second-order valence-electron chi connectivity index (χ2n) is 4.63. The van der Waals surface area contributed by atoms with Gasteiger partial charge >= 0.3 is 0 Å². The average Bonchev–Trinajstić information content (AvgIpc) is 2.91. The number of benzene rings is 1. The van der Waals surface area contributed by atoms with E-state index in [4.69, 9.17) is 5.73 Å². The maximum absolute atomic E-state index is 5.82. The summed E-state index contributed by atoms with van der Waals surface area (Å²) in [6.45, 7) is 0.848. The van der Waals surface area contributed by atoms with E-state index < -0.39 is 0 Å². The molecule has 3 rings (SSSR count). The molecule has 0 atom stereocenters. The van der Waals surface area contributed by atoms with E-state index in [-0.39, 0.29) is 0 Å². The standard InChI is InChI=1S/C13H15NS/c14-9-13(5-6-13)8-11-7-10-3-1-2-4-12(10)15-11/h1-4,7H,5-6,8-9,14H2. The minimum atomic E-state index is 0.459. The Bertz CT molecular complexity index is 449. The predicted octanol–water partition coefficient (Wildman–Crippen LogP) is 3.18. The zero-order chi connectivity index (χ0) is 10.3. The zero-order valence-corrected chi connectivity index (χ0v) is 9.52. The van der Waals surface area contributed by atoms with E-state index in [9.17, 15) is 0 Å². The number of nitrogens with two attached hydrogens (primary N) is 1. The van der Waals surface area contributed by atoms with Gasteiger partial charge in [-0.2, -0.15) is 0 Å². The fraction of sp³-hybridized carbons (Fsp3) is 0.385. The van der Waals surface area contributed by atoms with E-state index in [2.05, 4.69) is 30.3 Å². The highest BCUT2D eigenvalue weighted by Crippen LogP contribution is 2.48. The van der Waals surface area contributed by atoms with Crippen LogP contribution < -0.4 is 5.73 Å². The first-order valence-corrected chi connectivity index (χ1v) is 6.31. The van der Waals surface area contributed by atoms with Crippen molar-refractivity contribution in [3.05, 3.63) is 35.2 Å². The molecule has 1 fully saturated rings. The fourth-order valence-electron chi connectivity index (χ4n) is 2.12. The Morgan fingerprint density at radius 3 is 2.73 bits per heavy atom. The van der Waals surface area contributed by atoms with Crippen molar-refractivity contribution in [3.63, 3.8) is 0 Å². The molecule has 0 unspecified atom stereocenters. The second kappa shape index (κ2) is 3.32. The lowest BCUT2D eigenvalue weighted by Gasteiger charge is -2.09. The summed E-state index contributed by atoms with van der Waals surface area (Å²) < 4.78 is 1.40. The molecule has 1 aliphatic carbocycles. The van der Waals surface area contributed by atoms with Gasteiger partial charge in [-0.15, -0.1) is 11.3 Å². The van der Waals surface area contributed by atoms with Gasteiger partial charge in [0.1, 0.15) is 0 Å². The van der Waals surface area contributed by atoms with Crippen molar-refractivity contribution in [1.82, 2.24) is 0 Å². The van der Waals surface area contributed by atoms with Gasteiger partial charge in [-0.3, -0.25) is 0 Å². The van der Waals surface area contributed by atoms with Crippen LogP contribution in [0.5, 0.6) is 0 Å². The summed E-state index contributed by atoms with van der Waals surface area (Å²) in [4.78, 5) is 1.50. The minimum Gasteiger partial charge on any atom is -0.330 e. The quantitative estimate of drug-likeness (QED) is 0.839. The molecule has 2 aromatic rings. The molecule has 1 heterocycles. The third kappa shape index (κ3) is 1.68. The Balaban J connectivity index is 1.92. The topological polar surface area (TPSA) is 26.0 Å². The maximum Gasteiger partial charge on any atom is 0.0345 e. The van der Waals surface area contributed by atoms with Gasteiger partial charge in [0.2, 0.25) is 0 Å². The van der Waals surface area contributed by atoms with Crippen LogP contribution in [0.25, 0.3) is 10.1 Å². The van der Waals surface area contributed by atoms with E-state index in [1.165, 1.54) is 34.2 Å². The van der Waals surface area contributed by atoms with Crippen LogP contribution in [-0.4, -0.2) is 6.54 Å². The molecule has 1 aromatic heterocycles. The number of hydrogen-bond acceptors (Lipinski definition) is 2. The van der Waals surface area contributed by atoms with Crippen molar-refractivity contribution in [2.75, 3.05) is 6.54 Å². The summed E-state index contributed by atoms with van der Waals surface area (Å²) in [6, 6.07) is 10.9. The summed E-state index contributed by atoms with van der Waals surface area (Å²) in [5.74, 6) is 0. The van der Waals surface area contributed by atoms with Crippen molar-refractivity contribution in [2.45, 2.75) is 19.3 Å². The number of thiophene rings is 1. The fourth-order valence-corrected chi connectivity index (χ4v) is 3.36. The molecule has 1 aromatic carbocycles. The highest BCUT2D eigenvalue weighted by atomic mass is 32.1. The van der Waals surface area contributed by atoms with E-state index in [1.807, 2.05) is 11.3 Å². The molecular weight excluding hydrogens is 202 g/mol. The van der Waals surface area contributed by atoms with E-state index >= 15 is 0 Å². The van der Waals surface area contributed by atoms with Crippen molar-refractivity contribution in [2.24, 2.45) is 11.1 Å². The summed E-state index contributed by atoms with van der Waals surface area (Å²) in [5, 5.41) is 1.38. The largest absolute Gasteiger partial charge is 0.330 e. The van der Waals surface area contributed by atoms with Crippen LogP contribution in [0.2, 0.25) is 0 Å². The third-order valence-corrected chi connectivity index (χ3v) is 4.53. The highest BCUT2D eigenvalue weighted by molar-refractivity contribution is 7.19. The molecule has 0 amide bonds. The average molecular weight is 217 g/mol. The summed E-state index contributed by atoms with van der Waals surface area (Å²) in [5.41, 5.74) is 6.27. The van der Waals surface area contributed by atoms with E-state index in [0.717, 1.165) is 6.54 Å². The monoisotopic (exact) mass is 217 g/mol. The lowest BCUT2D eigenvalue weighted by atomic mass is 10.0. The summed E-state index contributed by atoms with van der Waals surface area (Å²) in [6.07, 6.45) is 3.82. The highest BCUT2D eigenvalue weighted by Gasteiger charge is 2.41. The zero-order valence-electron chi connectivity index (χ0n) is 8.70. The van der Waals surface area contributed by atoms with Crippen LogP contribution in [0, 0.1) is 5.41 Å². The molecule has 78 valence electrons. The molecule has 15 heavy (non-hydrogen) atoms. The first-order valence-electron chi connectivity index (χ1n) is 5.49. The lowest BCUT2D eigenvalue weighted by Crippen LogP contribution is -2.17. The Hall–Kier alpha value is -0.860. The SMILES string of the molecule is NCC1(Cc2cc3ccccc3s2)CC1. The number of rotatable bonds is 3. The van der Waals surface area contributed by atoms with Crippen LogP contribution in [-0.2, 0) is 6.42 Å².